The molecule has 5 heteroatoms. The van der Waals surface area contributed by atoms with Crippen LogP contribution in [0.4, 0.5) is 4.39 Å². The number of carbonyl (C=O) groups is 2. The summed E-state index contributed by atoms with van der Waals surface area (Å²) in [5.74, 6) is -2.17. The second-order valence-corrected chi connectivity index (χ2v) is 1.33. The highest BCUT2D eigenvalue weighted by atomic mass is 19.1. The van der Waals surface area contributed by atoms with E-state index in [-0.39, 0.29) is 0 Å². The maximum absolute atomic E-state index is 11.9. The van der Waals surface area contributed by atoms with Crippen LogP contribution in [0.25, 0.3) is 0 Å². The van der Waals surface area contributed by atoms with E-state index in [1.807, 2.05) is 0 Å². The van der Waals surface area contributed by atoms with Gasteiger partial charge in [-0.25, -0.2) is 0 Å². The third kappa shape index (κ3) is 3.45. The van der Waals surface area contributed by atoms with E-state index in [2.05, 4.69) is 10.5 Å². The van der Waals surface area contributed by atoms with Crippen molar-refractivity contribution in [2.75, 3.05) is 0 Å². The minimum Gasteiger partial charge on any atom is -0.422 e. The van der Waals surface area contributed by atoms with Crippen molar-refractivity contribution in [3.63, 3.8) is 0 Å². The van der Waals surface area contributed by atoms with Crippen LogP contribution < -0.4 is 5.73 Å². The van der Waals surface area contributed by atoms with Gasteiger partial charge in [-0.2, -0.15) is 4.39 Å². The van der Waals surface area contributed by atoms with E-state index in [1.54, 1.807) is 0 Å². The lowest BCUT2D eigenvalue weighted by Crippen LogP contribution is -2.28. The molecule has 4 nitrogen and oxygen atoms in total. The maximum atomic E-state index is 11.9. The van der Waals surface area contributed by atoms with Crippen molar-refractivity contribution in [3.05, 3.63) is 0 Å². The highest BCUT2D eigenvalue weighted by Gasteiger charge is 2.15. The Bertz CT molecular complexity index is 136. The van der Waals surface area contributed by atoms with E-state index >= 15 is 0 Å². The summed E-state index contributed by atoms with van der Waals surface area (Å²) in [6.07, 6.45) is -2.32. The van der Waals surface area contributed by atoms with Gasteiger partial charge in [-0.05, 0) is 0 Å². The summed E-state index contributed by atoms with van der Waals surface area (Å²) < 4.78 is 15.6. The summed E-state index contributed by atoms with van der Waals surface area (Å²) in [6, 6.07) is 0. The Kier molecular flexibility index (Phi) is 2.63. The van der Waals surface area contributed by atoms with Crippen LogP contribution in [0.3, 0.4) is 0 Å². The standard InChI is InChI=1S/C4H6FNO3/c1-2(7)9-3(5)4(6)8/h3H,1H3,(H2,6,8). The minimum atomic E-state index is -2.32. The Labute approximate surface area is 50.8 Å². The quantitative estimate of drug-likeness (QED) is 0.510. The van der Waals surface area contributed by atoms with E-state index in [0.29, 0.717) is 0 Å². The molecule has 0 bridgehead atoms. The third-order valence-corrected chi connectivity index (χ3v) is 0.493. The van der Waals surface area contributed by atoms with Gasteiger partial charge in [-0.3, -0.25) is 9.59 Å². The molecule has 0 aromatic rings. The average Bonchev–Trinajstić information content (AvgIpc) is 1.63. The Morgan fingerprint density at radius 1 is 1.67 bits per heavy atom. The van der Waals surface area contributed by atoms with Gasteiger partial charge in [0.05, 0.1) is 0 Å². The molecule has 0 fully saturated rings. The first-order valence-corrected chi connectivity index (χ1v) is 2.14. The number of hydrogen-bond acceptors (Lipinski definition) is 3. The topological polar surface area (TPSA) is 69.4 Å². The first-order valence-electron chi connectivity index (χ1n) is 2.14. The molecule has 0 aliphatic carbocycles. The molecule has 52 valence electrons. The summed E-state index contributed by atoms with van der Waals surface area (Å²) in [5, 5.41) is 0. The van der Waals surface area contributed by atoms with Gasteiger partial charge in [-0.1, -0.05) is 0 Å². The molecule has 0 saturated carbocycles. The van der Waals surface area contributed by atoms with Crippen molar-refractivity contribution in [1.29, 1.82) is 0 Å². The Morgan fingerprint density at radius 3 is 2.22 bits per heavy atom. The zero-order valence-corrected chi connectivity index (χ0v) is 4.76. The largest absolute Gasteiger partial charge is 0.422 e. The number of primary amides is 1. The monoisotopic (exact) mass is 135 g/mol. The summed E-state index contributed by atoms with van der Waals surface area (Å²) in [7, 11) is 0. The van der Waals surface area contributed by atoms with Gasteiger partial charge in [0.15, 0.2) is 0 Å². The number of ether oxygens (including phenoxy) is 1. The molecule has 0 aromatic heterocycles. The van der Waals surface area contributed by atoms with Crippen molar-refractivity contribution >= 4 is 11.9 Å². The van der Waals surface area contributed by atoms with Crippen LogP contribution in [0.1, 0.15) is 6.92 Å². The van der Waals surface area contributed by atoms with Crippen molar-refractivity contribution < 1.29 is 18.7 Å². The number of amides is 1. The van der Waals surface area contributed by atoms with Crippen LogP contribution in [-0.4, -0.2) is 18.2 Å². The molecule has 0 spiro atoms. The molecule has 9 heavy (non-hydrogen) atoms. The van der Waals surface area contributed by atoms with E-state index in [9.17, 15) is 14.0 Å². The molecule has 2 N–H and O–H groups in total. The van der Waals surface area contributed by atoms with Crippen LogP contribution in [-0.2, 0) is 14.3 Å². The number of halogens is 1. The van der Waals surface area contributed by atoms with Crippen LogP contribution in [0, 0.1) is 0 Å². The lowest BCUT2D eigenvalue weighted by Gasteiger charge is -2.01. The molecule has 0 radical (unpaired) electrons. The molecule has 0 aliphatic rings. The van der Waals surface area contributed by atoms with Crippen LogP contribution in [0.2, 0.25) is 0 Å². The van der Waals surface area contributed by atoms with Crippen molar-refractivity contribution in [1.82, 2.24) is 0 Å². The van der Waals surface area contributed by atoms with Crippen molar-refractivity contribution in [2.24, 2.45) is 5.73 Å². The second-order valence-electron chi connectivity index (χ2n) is 1.33. The normalized spacial score (nSPS) is 12.2. The van der Waals surface area contributed by atoms with E-state index in [0.717, 1.165) is 6.92 Å². The summed E-state index contributed by atoms with van der Waals surface area (Å²) >= 11 is 0. The van der Waals surface area contributed by atoms with E-state index in [1.165, 1.54) is 0 Å². The highest BCUT2D eigenvalue weighted by Crippen LogP contribution is 1.91. The van der Waals surface area contributed by atoms with Gasteiger partial charge in [0.1, 0.15) is 0 Å². The molecule has 0 aromatic carbocycles. The first-order chi connectivity index (χ1) is 4.04. The first kappa shape index (κ1) is 7.87. The predicted molar refractivity (Wildman–Crippen MR) is 25.9 cm³/mol. The minimum absolute atomic E-state index is 0.874. The Hall–Kier alpha value is -1.13. The van der Waals surface area contributed by atoms with E-state index in [4.69, 9.17) is 0 Å². The van der Waals surface area contributed by atoms with E-state index < -0.39 is 18.2 Å². The van der Waals surface area contributed by atoms with Crippen LogP contribution >= 0.6 is 0 Å². The molecule has 0 saturated heterocycles. The van der Waals surface area contributed by atoms with Gasteiger partial charge < -0.3 is 10.5 Å². The Balaban J connectivity index is 3.63. The molecule has 0 heterocycles. The van der Waals surface area contributed by atoms with Gasteiger partial charge in [0.25, 0.3) is 5.91 Å². The fourth-order valence-corrected chi connectivity index (χ4v) is 0.204. The number of rotatable bonds is 2. The molecule has 0 aliphatic heterocycles. The lowest BCUT2D eigenvalue weighted by atomic mass is 10.6. The molecule has 1 amide bonds. The molecule has 1 atom stereocenters. The molecule has 0 rings (SSSR count). The van der Waals surface area contributed by atoms with Gasteiger partial charge in [0, 0.05) is 6.92 Å². The van der Waals surface area contributed by atoms with Crippen molar-refractivity contribution in [2.45, 2.75) is 13.3 Å². The van der Waals surface area contributed by atoms with Crippen LogP contribution in [0.5, 0.6) is 0 Å². The van der Waals surface area contributed by atoms with Crippen LogP contribution in [0.15, 0.2) is 0 Å². The second kappa shape index (κ2) is 3.01. The average molecular weight is 135 g/mol. The SMILES string of the molecule is CC(=O)OC(F)C(N)=O. The summed E-state index contributed by atoms with van der Waals surface area (Å²) in [5.41, 5.74) is 4.39. The van der Waals surface area contributed by atoms with Gasteiger partial charge in [0.2, 0.25) is 0 Å². The van der Waals surface area contributed by atoms with Crippen molar-refractivity contribution in [3.8, 4) is 0 Å². The number of hydrogen-bond donors (Lipinski definition) is 1. The number of carbonyl (C=O) groups excluding carboxylic acids is 2. The van der Waals surface area contributed by atoms with Gasteiger partial charge >= 0.3 is 12.3 Å². The fraction of sp³-hybridized carbons (Fsp3) is 0.500. The molecule has 1 unspecified atom stereocenters. The lowest BCUT2D eigenvalue weighted by molar-refractivity contribution is -0.162. The number of esters is 1. The highest BCUT2D eigenvalue weighted by molar-refractivity contribution is 5.80. The Morgan fingerprint density at radius 2 is 2.11 bits per heavy atom. The zero-order valence-electron chi connectivity index (χ0n) is 4.76. The molecular weight excluding hydrogens is 129 g/mol. The fourth-order valence-electron chi connectivity index (χ4n) is 0.204. The smallest absolute Gasteiger partial charge is 0.318 e. The third-order valence-electron chi connectivity index (χ3n) is 0.493. The number of alkyl halides is 1. The van der Waals surface area contributed by atoms with Gasteiger partial charge in [-0.15, -0.1) is 0 Å². The maximum Gasteiger partial charge on any atom is 0.318 e. The predicted octanol–water partition coefficient (Wildman–Crippen LogP) is -0.670. The molecular formula is C4H6FNO3. The number of nitrogens with two attached hydrogens (primary N) is 1. The summed E-state index contributed by atoms with van der Waals surface area (Å²) in [4.78, 5) is 19.7. The zero-order chi connectivity index (χ0) is 7.44. The summed E-state index contributed by atoms with van der Waals surface area (Å²) in [6.45, 7) is 0.982.